The van der Waals surface area contributed by atoms with Crippen LogP contribution in [-0.2, 0) is 0 Å². The van der Waals surface area contributed by atoms with E-state index in [0.29, 0.717) is 18.2 Å². The van der Waals surface area contributed by atoms with E-state index in [1.165, 1.54) is 0 Å². The minimum Gasteiger partial charge on any atom is -0.396 e. The number of hydrogen-bond acceptors (Lipinski definition) is 5. The summed E-state index contributed by atoms with van der Waals surface area (Å²) in [6.45, 7) is 5.48. The molecule has 1 amide bonds. The third kappa shape index (κ3) is 2.85. The molecule has 1 aliphatic rings. The van der Waals surface area contributed by atoms with Crippen molar-refractivity contribution in [1.82, 2.24) is 25.6 Å². The normalized spacial score (nSPS) is 16.4. The molecule has 0 spiro atoms. The maximum atomic E-state index is 12.0. The highest BCUT2D eigenvalue weighted by atomic mass is 16.3. The highest BCUT2D eigenvalue weighted by molar-refractivity contribution is 5.92. The molecular weight excluding hydrogens is 234 g/mol. The van der Waals surface area contributed by atoms with E-state index < -0.39 is 5.54 Å². The molecule has 1 saturated heterocycles. The Balaban J connectivity index is 1.98. The predicted octanol–water partition coefficient (Wildman–Crippen LogP) is -0.687. The first-order valence-electron chi connectivity index (χ1n) is 6.08. The smallest absolute Gasteiger partial charge is 0.273 e. The van der Waals surface area contributed by atoms with E-state index in [-0.39, 0.29) is 12.5 Å². The Kier molecular flexibility index (Phi) is 3.63. The summed E-state index contributed by atoms with van der Waals surface area (Å²) in [5.41, 5.74) is -0.138. The fraction of sp³-hybridized carbons (Fsp3) is 0.727. The van der Waals surface area contributed by atoms with Crippen molar-refractivity contribution in [2.75, 3.05) is 19.7 Å². The van der Waals surface area contributed by atoms with Crippen molar-refractivity contribution >= 4 is 5.91 Å². The number of aromatic nitrogens is 3. The molecule has 2 rings (SSSR count). The van der Waals surface area contributed by atoms with Gasteiger partial charge in [0, 0.05) is 25.2 Å². The van der Waals surface area contributed by atoms with Crippen molar-refractivity contribution in [3.8, 4) is 0 Å². The van der Waals surface area contributed by atoms with Gasteiger partial charge in [0.2, 0.25) is 0 Å². The summed E-state index contributed by atoms with van der Waals surface area (Å²) >= 11 is 0. The first-order valence-corrected chi connectivity index (χ1v) is 6.08. The molecule has 0 aliphatic carbocycles. The molecule has 7 heteroatoms. The van der Waals surface area contributed by atoms with Crippen LogP contribution in [0.4, 0.5) is 0 Å². The first-order chi connectivity index (χ1) is 8.52. The van der Waals surface area contributed by atoms with Gasteiger partial charge in [-0.3, -0.25) is 4.79 Å². The maximum Gasteiger partial charge on any atom is 0.273 e. The van der Waals surface area contributed by atoms with Crippen LogP contribution in [0.25, 0.3) is 0 Å². The number of carbonyl (C=O) groups excluding carboxylic acids is 1. The van der Waals surface area contributed by atoms with Gasteiger partial charge in [-0.05, 0) is 20.3 Å². The van der Waals surface area contributed by atoms with Crippen molar-refractivity contribution in [3.63, 3.8) is 0 Å². The molecule has 0 bridgehead atoms. The zero-order valence-corrected chi connectivity index (χ0v) is 10.7. The lowest BCUT2D eigenvalue weighted by Crippen LogP contribution is -2.44. The number of aliphatic hydroxyl groups excluding tert-OH is 1. The average molecular weight is 253 g/mol. The lowest BCUT2D eigenvalue weighted by Gasteiger charge is -2.26. The van der Waals surface area contributed by atoms with Gasteiger partial charge in [0.05, 0.1) is 12.2 Å². The number of rotatable bonds is 5. The van der Waals surface area contributed by atoms with Crippen LogP contribution in [0.15, 0.2) is 6.20 Å². The highest BCUT2D eigenvalue weighted by Crippen LogP contribution is 2.11. The van der Waals surface area contributed by atoms with Gasteiger partial charge in [-0.1, -0.05) is 5.21 Å². The van der Waals surface area contributed by atoms with E-state index in [0.717, 1.165) is 13.1 Å². The molecule has 0 aromatic carbocycles. The Bertz CT molecular complexity index is 425. The Morgan fingerprint density at radius 3 is 2.94 bits per heavy atom. The van der Waals surface area contributed by atoms with Crippen LogP contribution >= 0.6 is 0 Å². The molecule has 0 unspecified atom stereocenters. The van der Waals surface area contributed by atoms with Gasteiger partial charge in [-0.2, -0.15) is 0 Å². The second kappa shape index (κ2) is 5.03. The SMILES string of the molecule is CC(C)(CCO)NC(=O)c1cn(C2CNC2)nn1. The van der Waals surface area contributed by atoms with Crippen LogP contribution in [0.3, 0.4) is 0 Å². The van der Waals surface area contributed by atoms with Crippen LogP contribution in [-0.4, -0.2) is 51.2 Å². The van der Waals surface area contributed by atoms with Gasteiger partial charge >= 0.3 is 0 Å². The van der Waals surface area contributed by atoms with Crippen molar-refractivity contribution in [3.05, 3.63) is 11.9 Å². The van der Waals surface area contributed by atoms with E-state index in [1.54, 1.807) is 10.9 Å². The van der Waals surface area contributed by atoms with Gasteiger partial charge < -0.3 is 15.7 Å². The summed E-state index contributed by atoms with van der Waals surface area (Å²) in [5, 5.41) is 22.7. The summed E-state index contributed by atoms with van der Waals surface area (Å²) in [6, 6.07) is 0.296. The van der Waals surface area contributed by atoms with Crippen LogP contribution in [0.2, 0.25) is 0 Å². The fourth-order valence-electron chi connectivity index (χ4n) is 1.73. The Hall–Kier alpha value is -1.47. The largest absolute Gasteiger partial charge is 0.396 e. The molecule has 1 aromatic heterocycles. The molecule has 0 saturated carbocycles. The molecule has 7 nitrogen and oxygen atoms in total. The molecule has 0 radical (unpaired) electrons. The summed E-state index contributed by atoms with van der Waals surface area (Å²) in [7, 11) is 0. The summed E-state index contributed by atoms with van der Waals surface area (Å²) in [6.07, 6.45) is 2.16. The molecule has 1 fully saturated rings. The zero-order chi connectivity index (χ0) is 13.2. The lowest BCUT2D eigenvalue weighted by molar-refractivity contribution is 0.0894. The minimum atomic E-state index is -0.451. The van der Waals surface area contributed by atoms with Gasteiger partial charge in [0.1, 0.15) is 0 Å². The molecule has 100 valence electrons. The van der Waals surface area contributed by atoms with Gasteiger partial charge in [0.25, 0.3) is 5.91 Å². The highest BCUT2D eigenvalue weighted by Gasteiger charge is 2.24. The van der Waals surface area contributed by atoms with Gasteiger partial charge in [0.15, 0.2) is 5.69 Å². The number of carbonyl (C=O) groups is 1. The third-order valence-corrected chi connectivity index (χ3v) is 3.07. The molecule has 0 atom stereocenters. The molecule has 18 heavy (non-hydrogen) atoms. The molecule has 1 aromatic rings. The number of nitrogens with one attached hydrogen (secondary N) is 2. The summed E-state index contributed by atoms with van der Waals surface area (Å²) in [4.78, 5) is 12.0. The van der Waals surface area contributed by atoms with Crippen LogP contribution < -0.4 is 10.6 Å². The third-order valence-electron chi connectivity index (χ3n) is 3.07. The standard InChI is InChI=1S/C11H19N5O2/c1-11(2,3-4-17)13-10(18)9-7-16(15-14-9)8-5-12-6-8/h7-8,12,17H,3-6H2,1-2H3,(H,13,18). The lowest BCUT2D eigenvalue weighted by atomic mass is 10.0. The van der Waals surface area contributed by atoms with E-state index >= 15 is 0 Å². The monoisotopic (exact) mass is 253 g/mol. The number of hydrogen-bond donors (Lipinski definition) is 3. The number of aliphatic hydroxyl groups is 1. The molecular formula is C11H19N5O2. The van der Waals surface area contributed by atoms with Gasteiger partial charge in [-0.25, -0.2) is 4.68 Å². The van der Waals surface area contributed by atoms with E-state index in [4.69, 9.17) is 5.11 Å². The fourth-order valence-corrected chi connectivity index (χ4v) is 1.73. The number of amides is 1. The first kappa shape index (κ1) is 13.0. The van der Waals surface area contributed by atoms with E-state index in [9.17, 15) is 4.79 Å². The second-order valence-electron chi connectivity index (χ2n) is 5.21. The molecule has 2 heterocycles. The van der Waals surface area contributed by atoms with Crippen molar-refractivity contribution < 1.29 is 9.90 Å². The van der Waals surface area contributed by atoms with Crippen LogP contribution in [0.5, 0.6) is 0 Å². The van der Waals surface area contributed by atoms with Crippen molar-refractivity contribution in [2.45, 2.75) is 31.8 Å². The minimum absolute atomic E-state index is 0.0354. The Labute approximate surface area is 106 Å². The summed E-state index contributed by atoms with van der Waals surface area (Å²) in [5.74, 6) is -0.257. The van der Waals surface area contributed by atoms with Crippen molar-refractivity contribution in [1.29, 1.82) is 0 Å². The molecule has 3 N–H and O–H groups in total. The number of nitrogens with zero attached hydrogens (tertiary/aromatic N) is 3. The topological polar surface area (TPSA) is 92.1 Å². The van der Waals surface area contributed by atoms with Gasteiger partial charge in [-0.15, -0.1) is 5.10 Å². The Morgan fingerprint density at radius 1 is 1.67 bits per heavy atom. The summed E-state index contributed by atoms with van der Waals surface area (Å²) < 4.78 is 1.71. The average Bonchev–Trinajstić information content (AvgIpc) is 2.63. The van der Waals surface area contributed by atoms with Crippen molar-refractivity contribution in [2.24, 2.45) is 0 Å². The van der Waals surface area contributed by atoms with Crippen LogP contribution in [0.1, 0.15) is 36.8 Å². The predicted molar refractivity (Wildman–Crippen MR) is 65.2 cm³/mol. The van der Waals surface area contributed by atoms with E-state index in [2.05, 4.69) is 20.9 Å². The Morgan fingerprint density at radius 2 is 2.39 bits per heavy atom. The van der Waals surface area contributed by atoms with Crippen LogP contribution in [0, 0.1) is 0 Å². The zero-order valence-electron chi connectivity index (χ0n) is 10.7. The second-order valence-corrected chi connectivity index (χ2v) is 5.21. The molecule has 1 aliphatic heterocycles. The van der Waals surface area contributed by atoms with E-state index in [1.807, 2.05) is 13.8 Å². The quantitative estimate of drug-likeness (QED) is 0.646. The maximum absolute atomic E-state index is 12.0.